The number of hydrogen-bond acceptors (Lipinski definition) is 1. The number of halogens is 1. The summed E-state index contributed by atoms with van der Waals surface area (Å²) in [4.78, 5) is 4.82. The minimum atomic E-state index is 0. The molecular formula is C3H8INO. The van der Waals surface area contributed by atoms with E-state index in [1.807, 2.05) is 5.48 Å². The first-order chi connectivity index (χ1) is 2.50. The summed E-state index contributed by atoms with van der Waals surface area (Å²) in [6, 6.07) is 0. The van der Waals surface area contributed by atoms with Crippen LogP contribution in [0.15, 0.2) is 0 Å². The molecule has 0 amide bonds. The second-order valence-corrected chi connectivity index (χ2v) is 1.18. The molecule has 1 aliphatic rings. The third-order valence-electron chi connectivity index (χ3n) is 0.702. The molecule has 38 valence electrons. The Labute approximate surface area is 54.2 Å². The van der Waals surface area contributed by atoms with E-state index in [0.29, 0.717) is 0 Å². The Hall–Kier alpha value is 0.650. The van der Waals surface area contributed by atoms with Crippen molar-refractivity contribution < 1.29 is 34.3 Å². The van der Waals surface area contributed by atoms with Gasteiger partial charge in [0.05, 0.1) is 0 Å². The van der Waals surface area contributed by atoms with Crippen molar-refractivity contribution in [2.75, 3.05) is 13.2 Å². The second-order valence-electron chi connectivity index (χ2n) is 1.18. The molecule has 2 nitrogen and oxygen atoms in total. The monoisotopic (exact) mass is 201 g/mol. The first-order valence-electron chi connectivity index (χ1n) is 1.93. The summed E-state index contributed by atoms with van der Waals surface area (Å²) in [5, 5.41) is 0. The van der Waals surface area contributed by atoms with E-state index in [9.17, 15) is 0 Å². The Bertz CT molecular complexity index is 22.4. The van der Waals surface area contributed by atoms with E-state index in [1.165, 1.54) is 6.42 Å². The van der Waals surface area contributed by atoms with Crippen LogP contribution in [0.2, 0.25) is 0 Å². The molecule has 1 heterocycles. The van der Waals surface area contributed by atoms with Crippen molar-refractivity contribution in [2.24, 2.45) is 0 Å². The zero-order valence-electron chi connectivity index (χ0n) is 3.48. The maximum absolute atomic E-state index is 4.82. The highest BCUT2D eigenvalue weighted by Crippen LogP contribution is 1.74. The molecule has 0 saturated carbocycles. The average molecular weight is 201 g/mol. The summed E-state index contributed by atoms with van der Waals surface area (Å²) in [6.07, 6.45) is 1.22. The third-order valence-corrected chi connectivity index (χ3v) is 0.702. The van der Waals surface area contributed by atoms with Crippen molar-refractivity contribution in [3.8, 4) is 0 Å². The van der Waals surface area contributed by atoms with Gasteiger partial charge in [-0.2, -0.15) is 0 Å². The van der Waals surface area contributed by atoms with Crippen LogP contribution in [0.5, 0.6) is 0 Å². The van der Waals surface area contributed by atoms with Gasteiger partial charge in [0.25, 0.3) is 0 Å². The number of rotatable bonds is 0. The fourth-order valence-electron chi connectivity index (χ4n) is 0.417. The smallest absolute Gasteiger partial charge is 0.111 e. The van der Waals surface area contributed by atoms with Crippen molar-refractivity contribution in [3.63, 3.8) is 0 Å². The van der Waals surface area contributed by atoms with Crippen LogP contribution in [-0.4, -0.2) is 13.2 Å². The molecule has 1 fully saturated rings. The van der Waals surface area contributed by atoms with Crippen LogP contribution >= 0.6 is 0 Å². The molecule has 1 saturated heterocycles. The van der Waals surface area contributed by atoms with Crippen molar-refractivity contribution in [3.05, 3.63) is 0 Å². The van der Waals surface area contributed by atoms with Gasteiger partial charge in [0.1, 0.15) is 13.2 Å². The Balaban J connectivity index is 0.000000250. The summed E-state index contributed by atoms with van der Waals surface area (Å²) < 4.78 is 0. The molecule has 0 aromatic carbocycles. The minimum Gasteiger partial charge on any atom is -1.00 e. The molecule has 3 heteroatoms. The molecular weight excluding hydrogens is 193 g/mol. The molecule has 0 radical (unpaired) electrons. The SMILES string of the molecule is C1C[NH2+]OC1.[I-]. The van der Waals surface area contributed by atoms with Crippen LogP contribution in [0.25, 0.3) is 0 Å². The summed E-state index contributed by atoms with van der Waals surface area (Å²) in [7, 11) is 0. The van der Waals surface area contributed by atoms with Gasteiger partial charge in [0.15, 0.2) is 0 Å². The van der Waals surface area contributed by atoms with Crippen molar-refractivity contribution in [2.45, 2.75) is 6.42 Å². The number of hydrogen-bond donors (Lipinski definition) is 1. The lowest BCUT2D eigenvalue weighted by Crippen LogP contribution is -3.00. The maximum Gasteiger partial charge on any atom is 0.111 e. The maximum atomic E-state index is 4.82. The first kappa shape index (κ1) is 6.65. The van der Waals surface area contributed by atoms with E-state index in [1.54, 1.807) is 0 Å². The predicted octanol–water partition coefficient (Wildman–Crippen LogP) is -4.11. The normalized spacial score (nSPS) is 20.0. The highest BCUT2D eigenvalue weighted by atomic mass is 127. The van der Waals surface area contributed by atoms with Gasteiger partial charge in [-0.25, -0.2) is 10.3 Å². The van der Waals surface area contributed by atoms with Crippen molar-refractivity contribution in [1.29, 1.82) is 0 Å². The molecule has 2 N–H and O–H groups in total. The average Bonchev–Trinajstić information content (AvgIpc) is 1.76. The number of quaternary nitrogens is 1. The predicted molar refractivity (Wildman–Crippen MR) is 17.4 cm³/mol. The fourth-order valence-corrected chi connectivity index (χ4v) is 0.417. The Morgan fingerprint density at radius 1 is 1.50 bits per heavy atom. The van der Waals surface area contributed by atoms with Gasteiger partial charge in [0.2, 0.25) is 0 Å². The van der Waals surface area contributed by atoms with Gasteiger partial charge in [-0.05, 0) is 0 Å². The van der Waals surface area contributed by atoms with E-state index in [4.69, 9.17) is 4.84 Å². The Morgan fingerprint density at radius 2 is 2.33 bits per heavy atom. The summed E-state index contributed by atoms with van der Waals surface area (Å²) in [5.41, 5.74) is 1.86. The molecule has 0 bridgehead atoms. The summed E-state index contributed by atoms with van der Waals surface area (Å²) in [6.45, 7) is 2.10. The lowest BCUT2D eigenvalue weighted by Gasteiger charge is -1.74. The van der Waals surface area contributed by atoms with Crippen LogP contribution in [0.4, 0.5) is 0 Å². The van der Waals surface area contributed by atoms with Crippen LogP contribution in [-0.2, 0) is 4.84 Å². The van der Waals surface area contributed by atoms with Crippen LogP contribution < -0.4 is 29.5 Å². The van der Waals surface area contributed by atoms with Crippen molar-refractivity contribution in [1.82, 2.24) is 0 Å². The lowest BCUT2D eigenvalue weighted by atomic mass is 10.5. The molecule has 0 aromatic rings. The second kappa shape index (κ2) is 3.83. The van der Waals surface area contributed by atoms with E-state index < -0.39 is 0 Å². The zero-order chi connectivity index (χ0) is 3.54. The number of hydroxylamine groups is 1. The van der Waals surface area contributed by atoms with Gasteiger partial charge < -0.3 is 24.0 Å². The topological polar surface area (TPSA) is 25.8 Å². The van der Waals surface area contributed by atoms with Gasteiger partial charge >= 0.3 is 0 Å². The standard InChI is InChI=1S/C3H7NO.HI/c1-2-4-5-3-1;/h4H,1-3H2;1H. The van der Waals surface area contributed by atoms with E-state index >= 15 is 0 Å². The van der Waals surface area contributed by atoms with E-state index in [2.05, 4.69) is 0 Å². The van der Waals surface area contributed by atoms with E-state index in [-0.39, 0.29) is 24.0 Å². The van der Waals surface area contributed by atoms with Gasteiger partial charge in [0, 0.05) is 6.42 Å². The molecule has 0 spiro atoms. The molecule has 0 aromatic heterocycles. The van der Waals surface area contributed by atoms with Gasteiger partial charge in [-0.3, -0.25) is 0 Å². The number of nitrogens with two attached hydrogens (primary N) is 1. The highest BCUT2D eigenvalue weighted by Gasteiger charge is 1.98. The third kappa shape index (κ3) is 1.94. The lowest BCUT2D eigenvalue weighted by molar-refractivity contribution is -0.874. The van der Waals surface area contributed by atoms with Crippen LogP contribution in [0, 0.1) is 0 Å². The fraction of sp³-hybridized carbons (Fsp3) is 1.00. The Kier molecular flexibility index (Phi) is 4.24. The zero-order valence-corrected chi connectivity index (χ0v) is 5.64. The molecule has 0 atom stereocenters. The van der Waals surface area contributed by atoms with Crippen LogP contribution in [0.3, 0.4) is 0 Å². The van der Waals surface area contributed by atoms with Gasteiger partial charge in [-0.15, -0.1) is 0 Å². The van der Waals surface area contributed by atoms with Crippen molar-refractivity contribution >= 4 is 0 Å². The molecule has 1 aliphatic heterocycles. The van der Waals surface area contributed by atoms with Gasteiger partial charge in [-0.1, -0.05) is 0 Å². The first-order valence-corrected chi connectivity index (χ1v) is 1.93. The quantitative estimate of drug-likeness (QED) is 0.396. The highest BCUT2D eigenvalue weighted by molar-refractivity contribution is 4.27. The Morgan fingerprint density at radius 3 is 2.50 bits per heavy atom. The summed E-state index contributed by atoms with van der Waals surface area (Å²) in [5.74, 6) is 0. The van der Waals surface area contributed by atoms with Crippen LogP contribution in [0.1, 0.15) is 6.42 Å². The molecule has 0 aliphatic carbocycles. The molecule has 6 heavy (non-hydrogen) atoms. The minimum absolute atomic E-state index is 0. The molecule has 1 rings (SSSR count). The summed E-state index contributed by atoms with van der Waals surface area (Å²) >= 11 is 0. The van der Waals surface area contributed by atoms with E-state index in [0.717, 1.165) is 13.2 Å². The largest absolute Gasteiger partial charge is 1.00 e. The molecule has 0 unspecified atom stereocenters.